The predicted molar refractivity (Wildman–Crippen MR) is 116 cm³/mol. The molecule has 1 heterocycles. The van der Waals surface area contributed by atoms with E-state index < -0.39 is 10.8 Å². The number of aromatic nitrogens is 1. The maximum Gasteiger partial charge on any atom is 0.252 e. The Hall–Kier alpha value is -3.05. The fourth-order valence-corrected chi connectivity index (χ4v) is 3.74. The molecule has 0 radical (unpaired) electrons. The molecule has 1 atom stereocenters. The van der Waals surface area contributed by atoms with Gasteiger partial charge >= 0.3 is 0 Å². The molecule has 1 N–H and O–H groups in total. The standard InChI is InChI=1S/C23H20N2O2S/c1-28(27)14-13-24-23(26)20-15-22(25-21-12-5-4-10-19(20)21)18-11-6-8-16-7-2-3-9-17(16)18/h2-12,15H,13-14H2,1H3,(H,24,26). The van der Waals surface area contributed by atoms with Crippen LogP contribution in [0.2, 0.25) is 0 Å². The average Bonchev–Trinajstić information content (AvgIpc) is 2.72. The van der Waals surface area contributed by atoms with Crippen LogP contribution in [0.15, 0.2) is 72.8 Å². The highest BCUT2D eigenvalue weighted by molar-refractivity contribution is 7.84. The molecule has 0 aliphatic heterocycles. The summed E-state index contributed by atoms with van der Waals surface area (Å²) in [4.78, 5) is 17.7. The zero-order valence-electron chi connectivity index (χ0n) is 15.5. The highest BCUT2D eigenvalue weighted by atomic mass is 32.2. The van der Waals surface area contributed by atoms with Gasteiger partial charge in [-0.2, -0.15) is 0 Å². The van der Waals surface area contributed by atoms with Crippen LogP contribution in [0, 0.1) is 0 Å². The molecule has 1 aromatic heterocycles. The fraction of sp³-hybridized carbons (Fsp3) is 0.130. The Morgan fingerprint density at radius 3 is 2.50 bits per heavy atom. The van der Waals surface area contributed by atoms with E-state index in [2.05, 4.69) is 23.5 Å². The van der Waals surface area contributed by atoms with Gasteiger partial charge in [-0.15, -0.1) is 0 Å². The minimum Gasteiger partial charge on any atom is -0.351 e. The molecule has 3 aromatic carbocycles. The molecule has 0 saturated heterocycles. The summed E-state index contributed by atoms with van der Waals surface area (Å²) in [6, 6.07) is 23.7. The number of amides is 1. The first-order chi connectivity index (χ1) is 13.6. The highest BCUT2D eigenvalue weighted by Crippen LogP contribution is 2.30. The molecule has 1 amide bonds. The highest BCUT2D eigenvalue weighted by Gasteiger charge is 2.15. The minimum absolute atomic E-state index is 0.175. The van der Waals surface area contributed by atoms with Gasteiger partial charge in [-0.1, -0.05) is 60.7 Å². The van der Waals surface area contributed by atoms with E-state index in [9.17, 15) is 9.00 Å². The lowest BCUT2D eigenvalue weighted by Crippen LogP contribution is -2.27. The SMILES string of the molecule is CS(=O)CCNC(=O)c1cc(-c2cccc3ccccc23)nc2ccccc12. The Bertz CT molecular complexity index is 1200. The maximum atomic E-state index is 12.8. The summed E-state index contributed by atoms with van der Waals surface area (Å²) < 4.78 is 11.3. The number of para-hydroxylation sites is 1. The topological polar surface area (TPSA) is 59.1 Å². The van der Waals surface area contributed by atoms with Crippen molar-refractivity contribution in [3.05, 3.63) is 78.4 Å². The number of carbonyl (C=O) groups is 1. The monoisotopic (exact) mass is 388 g/mol. The van der Waals surface area contributed by atoms with Gasteiger partial charge in [0.25, 0.3) is 5.91 Å². The van der Waals surface area contributed by atoms with Gasteiger partial charge in [0.2, 0.25) is 0 Å². The zero-order valence-corrected chi connectivity index (χ0v) is 16.3. The number of pyridine rings is 1. The van der Waals surface area contributed by atoms with Crippen LogP contribution >= 0.6 is 0 Å². The van der Waals surface area contributed by atoms with Crippen molar-refractivity contribution in [2.75, 3.05) is 18.6 Å². The Morgan fingerprint density at radius 2 is 1.68 bits per heavy atom. The summed E-state index contributed by atoms with van der Waals surface area (Å²) >= 11 is 0. The van der Waals surface area contributed by atoms with Crippen LogP contribution in [0.4, 0.5) is 0 Å². The van der Waals surface area contributed by atoms with Crippen molar-refractivity contribution in [2.24, 2.45) is 0 Å². The van der Waals surface area contributed by atoms with E-state index in [0.29, 0.717) is 17.9 Å². The molecule has 28 heavy (non-hydrogen) atoms. The van der Waals surface area contributed by atoms with Crippen LogP contribution in [0.3, 0.4) is 0 Å². The third-order valence-electron chi connectivity index (χ3n) is 4.70. The molecule has 0 bridgehead atoms. The number of benzene rings is 3. The number of hydrogen-bond acceptors (Lipinski definition) is 3. The van der Waals surface area contributed by atoms with E-state index in [1.807, 2.05) is 54.6 Å². The first kappa shape index (κ1) is 18.3. The summed E-state index contributed by atoms with van der Waals surface area (Å²) in [5.41, 5.74) is 3.11. The fourth-order valence-electron chi connectivity index (χ4n) is 3.35. The largest absolute Gasteiger partial charge is 0.351 e. The van der Waals surface area contributed by atoms with E-state index >= 15 is 0 Å². The van der Waals surface area contributed by atoms with Crippen LogP contribution in [-0.2, 0) is 10.8 Å². The summed E-state index contributed by atoms with van der Waals surface area (Å²) in [5, 5.41) is 5.91. The lowest BCUT2D eigenvalue weighted by molar-refractivity contribution is 0.0958. The number of rotatable bonds is 5. The summed E-state index contributed by atoms with van der Waals surface area (Å²) in [5.74, 6) is 0.260. The van der Waals surface area contributed by atoms with Crippen molar-refractivity contribution in [3.63, 3.8) is 0 Å². The van der Waals surface area contributed by atoms with Gasteiger partial charge in [-0.3, -0.25) is 9.00 Å². The normalized spacial score (nSPS) is 12.2. The van der Waals surface area contributed by atoms with Gasteiger partial charge in [-0.05, 0) is 22.9 Å². The molecule has 5 heteroatoms. The van der Waals surface area contributed by atoms with Gasteiger partial charge in [0, 0.05) is 40.3 Å². The van der Waals surface area contributed by atoms with Crippen molar-refractivity contribution >= 4 is 38.4 Å². The Labute approximate surface area is 166 Å². The molecular weight excluding hydrogens is 368 g/mol. The number of hydrogen-bond donors (Lipinski definition) is 1. The number of nitrogens with one attached hydrogen (secondary N) is 1. The van der Waals surface area contributed by atoms with Gasteiger partial charge in [0.15, 0.2) is 0 Å². The van der Waals surface area contributed by atoms with Crippen LogP contribution < -0.4 is 5.32 Å². The number of fused-ring (bicyclic) bond motifs is 2. The molecule has 0 fully saturated rings. The van der Waals surface area contributed by atoms with Gasteiger partial charge in [-0.25, -0.2) is 4.98 Å². The lowest BCUT2D eigenvalue weighted by atomic mass is 9.99. The second kappa shape index (κ2) is 7.90. The molecule has 4 nitrogen and oxygen atoms in total. The summed E-state index contributed by atoms with van der Waals surface area (Å²) in [6.07, 6.45) is 1.63. The maximum absolute atomic E-state index is 12.8. The van der Waals surface area contributed by atoms with Crippen molar-refractivity contribution in [1.29, 1.82) is 0 Å². The molecule has 1 unspecified atom stereocenters. The van der Waals surface area contributed by atoms with Crippen molar-refractivity contribution in [3.8, 4) is 11.3 Å². The molecular formula is C23H20N2O2S. The van der Waals surface area contributed by atoms with Crippen LogP contribution in [0.25, 0.3) is 32.9 Å². The second-order valence-corrected chi connectivity index (χ2v) is 8.19. The predicted octanol–water partition coefficient (Wildman–Crippen LogP) is 4.16. The molecule has 4 aromatic rings. The van der Waals surface area contributed by atoms with E-state index in [1.165, 1.54) is 0 Å². The van der Waals surface area contributed by atoms with Crippen LogP contribution in [-0.4, -0.2) is 33.7 Å². The molecule has 4 rings (SSSR count). The number of nitrogens with zero attached hydrogens (tertiary/aromatic N) is 1. The molecule has 140 valence electrons. The number of carbonyl (C=O) groups excluding carboxylic acids is 1. The average molecular weight is 388 g/mol. The third-order valence-corrected chi connectivity index (χ3v) is 5.48. The Morgan fingerprint density at radius 1 is 0.964 bits per heavy atom. The first-order valence-electron chi connectivity index (χ1n) is 9.09. The van der Waals surface area contributed by atoms with Crippen LogP contribution in [0.1, 0.15) is 10.4 Å². The second-order valence-electron chi connectivity index (χ2n) is 6.63. The lowest BCUT2D eigenvalue weighted by Gasteiger charge is -2.12. The third kappa shape index (κ3) is 3.66. The van der Waals surface area contributed by atoms with Crippen LogP contribution in [0.5, 0.6) is 0 Å². The van der Waals surface area contributed by atoms with Crippen molar-refractivity contribution in [2.45, 2.75) is 0 Å². The van der Waals surface area contributed by atoms with E-state index in [4.69, 9.17) is 4.98 Å². The summed E-state index contributed by atoms with van der Waals surface area (Å²) in [6.45, 7) is 0.377. The quantitative estimate of drug-likeness (QED) is 0.558. The van der Waals surface area contributed by atoms with E-state index in [0.717, 1.165) is 32.9 Å². The zero-order chi connectivity index (χ0) is 19.5. The molecule has 0 saturated carbocycles. The van der Waals surface area contributed by atoms with Crippen molar-refractivity contribution < 1.29 is 9.00 Å². The van der Waals surface area contributed by atoms with Crippen molar-refractivity contribution in [1.82, 2.24) is 10.3 Å². The smallest absolute Gasteiger partial charge is 0.252 e. The molecule has 0 spiro atoms. The molecule has 0 aliphatic carbocycles. The van der Waals surface area contributed by atoms with Gasteiger partial charge in [0.05, 0.1) is 16.8 Å². The Balaban J connectivity index is 1.84. The summed E-state index contributed by atoms with van der Waals surface area (Å²) in [7, 11) is -0.942. The van der Waals surface area contributed by atoms with Gasteiger partial charge < -0.3 is 5.32 Å². The first-order valence-corrected chi connectivity index (χ1v) is 10.8. The molecule has 0 aliphatic rings. The van der Waals surface area contributed by atoms with E-state index in [1.54, 1.807) is 6.26 Å². The van der Waals surface area contributed by atoms with Gasteiger partial charge in [0.1, 0.15) is 0 Å². The minimum atomic E-state index is -0.942. The Kier molecular flexibility index (Phi) is 5.17. The van der Waals surface area contributed by atoms with E-state index in [-0.39, 0.29) is 5.91 Å².